The summed E-state index contributed by atoms with van der Waals surface area (Å²) in [6, 6.07) is 8.31. The first-order valence-corrected chi connectivity index (χ1v) is 7.34. The maximum Gasteiger partial charge on any atom is 0.0629 e. The van der Waals surface area contributed by atoms with E-state index in [-0.39, 0.29) is 0 Å². The number of hydrogen-bond donors (Lipinski definition) is 1. The average Bonchev–Trinajstić information content (AvgIpc) is 2.34. The van der Waals surface area contributed by atoms with Gasteiger partial charge < -0.3 is 5.32 Å². The molecule has 0 unspecified atom stereocenters. The van der Waals surface area contributed by atoms with E-state index in [9.17, 15) is 0 Å². The summed E-state index contributed by atoms with van der Waals surface area (Å²) in [5, 5.41) is 3.44. The summed E-state index contributed by atoms with van der Waals surface area (Å²) < 4.78 is 2.17. The quantitative estimate of drug-likeness (QED) is 0.853. The van der Waals surface area contributed by atoms with Gasteiger partial charge in [0.2, 0.25) is 0 Å². The van der Waals surface area contributed by atoms with Gasteiger partial charge in [-0.25, -0.2) is 0 Å². The monoisotopic (exact) mass is 368 g/mol. The molecule has 0 bridgehead atoms. The molecule has 0 radical (unpaired) electrons. The van der Waals surface area contributed by atoms with Crippen LogP contribution in [0.25, 0.3) is 0 Å². The van der Waals surface area contributed by atoms with Gasteiger partial charge >= 0.3 is 0 Å². The summed E-state index contributed by atoms with van der Waals surface area (Å²) in [6.45, 7) is 2.97. The van der Waals surface area contributed by atoms with Gasteiger partial charge in [-0.2, -0.15) is 0 Å². The second-order valence-corrected chi connectivity index (χ2v) is 5.84. The maximum atomic E-state index is 4.01. The second kappa shape index (κ2) is 6.34. The number of aryl methyl sites for hydroxylation is 1. The SMILES string of the molecule is Cc1cc(Br)c(NCCc2ccncc2)c(Br)c1. The Morgan fingerprint density at radius 2 is 1.72 bits per heavy atom. The van der Waals surface area contributed by atoms with Crippen LogP contribution in [0, 0.1) is 6.92 Å². The van der Waals surface area contributed by atoms with E-state index in [4.69, 9.17) is 0 Å². The summed E-state index contributed by atoms with van der Waals surface area (Å²) in [6.07, 6.45) is 4.63. The maximum absolute atomic E-state index is 4.01. The first-order chi connectivity index (χ1) is 8.66. The van der Waals surface area contributed by atoms with Crippen LogP contribution >= 0.6 is 31.9 Å². The zero-order valence-electron chi connectivity index (χ0n) is 10.1. The van der Waals surface area contributed by atoms with Gasteiger partial charge in [-0.05, 0) is 80.6 Å². The highest BCUT2D eigenvalue weighted by atomic mass is 79.9. The number of benzene rings is 1. The summed E-state index contributed by atoms with van der Waals surface area (Å²) in [5.41, 5.74) is 3.62. The van der Waals surface area contributed by atoms with E-state index in [0.29, 0.717) is 0 Å². The lowest BCUT2D eigenvalue weighted by molar-refractivity contribution is 1.01. The van der Waals surface area contributed by atoms with Crippen LogP contribution in [0.4, 0.5) is 5.69 Å². The van der Waals surface area contributed by atoms with Crippen molar-refractivity contribution < 1.29 is 0 Å². The van der Waals surface area contributed by atoms with Gasteiger partial charge in [0.15, 0.2) is 0 Å². The number of nitrogens with one attached hydrogen (secondary N) is 1. The van der Waals surface area contributed by atoms with E-state index >= 15 is 0 Å². The molecule has 2 rings (SSSR count). The Kier molecular flexibility index (Phi) is 4.78. The van der Waals surface area contributed by atoms with E-state index in [1.165, 1.54) is 11.1 Å². The van der Waals surface area contributed by atoms with Gasteiger partial charge in [-0.15, -0.1) is 0 Å². The predicted octanol–water partition coefficient (Wildman–Crippen LogP) is 4.57. The number of anilines is 1. The van der Waals surface area contributed by atoms with E-state index in [2.05, 4.69) is 61.2 Å². The van der Waals surface area contributed by atoms with Gasteiger partial charge in [-0.3, -0.25) is 4.98 Å². The lowest BCUT2D eigenvalue weighted by Crippen LogP contribution is -2.06. The van der Waals surface area contributed by atoms with Crippen molar-refractivity contribution >= 4 is 37.5 Å². The molecule has 18 heavy (non-hydrogen) atoms. The molecule has 0 saturated heterocycles. The Labute approximate surface area is 124 Å². The van der Waals surface area contributed by atoms with Gasteiger partial charge in [0.1, 0.15) is 0 Å². The van der Waals surface area contributed by atoms with E-state index in [1.54, 1.807) is 0 Å². The van der Waals surface area contributed by atoms with Gasteiger partial charge in [0, 0.05) is 27.9 Å². The van der Waals surface area contributed by atoms with Crippen LogP contribution in [0.1, 0.15) is 11.1 Å². The zero-order valence-corrected chi connectivity index (χ0v) is 13.3. The minimum absolute atomic E-state index is 0.893. The van der Waals surface area contributed by atoms with Crippen molar-refractivity contribution in [3.05, 3.63) is 56.7 Å². The molecule has 1 N–H and O–H groups in total. The fourth-order valence-electron chi connectivity index (χ4n) is 1.75. The summed E-state index contributed by atoms with van der Waals surface area (Å²) >= 11 is 7.16. The highest BCUT2D eigenvalue weighted by Gasteiger charge is 2.05. The molecule has 94 valence electrons. The lowest BCUT2D eigenvalue weighted by atomic mass is 10.2. The largest absolute Gasteiger partial charge is 0.383 e. The fourth-order valence-corrected chi connectivity index (χ4v) is 3.45. The topological polar surface area (TPSA) is 24.9 Å². The van der Waals surface area contributed by atoms with Crippen LogP contribution in [-0.4, -0.2) is 11.5 Å². The van der Waals surface area contributed by atoms with Crippen LogP contribution < -0.4 is 5.32 Å². The number of pyridine rings is 1. The molecule has 0 aliphatic rings. The summed E-state index contributed by atoms with van der Waals surface area (Å²) in [7, 11) is 0. The summed E-state index contributed by atoms with van der Waals surface area (Å²) in [4.78, 5) is 4.01. The minimum atomic E-state index is 0.893. The van der Waals surface area contributed by atoms with Gasteiger partial charge in [0.25, 0.3) is 0 Å². The standard InChI is InChI=1S/C14H14Br2N2/c1-10-8-12(15)14(13(16)9-10)18-7-4-11-2-5-17-6-3-11/h2-3,5-6,8-9,18H,4,7H2,1H3. The van der Waals surface area contributed by atoms with Crippen LogP contribution in [0.3, 0.4) is 0 Å². The van der Waals surface area contributed by atoms with Crippen LogP contribution in [0.15, 0.2) is 45.6 Å². The van der Waals surface area contributed by atoms with Crippen molar-refractivity contribution in [1.29, 1.82) is 0 Å². The van der Waals surface area contributed by atoms with Crippen molar-refractivity contribution in [3.63, 3.8) is 0 Å². The van der Waals surface area contributed by atoms with Crippen molar-refractivity contribution in [2.45, 2.75) is 13.3 Å². The Morgan fingerprint density at radius 1 is 1.11 bits per heavy atom. The Hall–Kier alpha value is -0.870. The molecule has 1 aromatic heterocycles. The van der Waals surface area contributed by atoms with E-state index in [1.807, 2.05) is 24.5 Å². The highest BCUT2D eigenvalue weighted by Crippen LogP contribution is 2.32. The molecule has 0 spiro atoms. The molecular formula is C14H14Br2N2. The molecule has 0 aliphatic heterocycles. The van der Waals surface area contributed by atoms with Gasteiger partial charge in [-0.1, -0.05) is 0 Å². The molecule has 0 aliphatic carbocycles. The smallest absolute Gasteiger partial charge is 0.0629 e. The average molecular weight is 370 g/mol. The second-order valence-electron chi connectivity index (χ2n) is 4.14. The molecule has 0 atom stereocenters. The third-order valence-corrected chi connectivity index (χ3v) is 3.90. The van der Waals surface area contributed by atoms with E-state index in [0.717, 1.165) is 27.6 Å². The first-order valence-electron chi connectivity index (χ1n) is 5.75. The molecule has 1 aromatic carbocycles. The van der Waals surface area contributed by atoms with E-state index < -0.39 is 0 Å². The molecule has 2 aromatic rings. The normalized spacial score (nSPS) is 10.4. The van der Waals surface area contributed by atoms with Crippen molar-refractivity contribution in [1.82, 2.24) is 4.98 Å². The van der Waals surface area contributed by atoms with Gasteiger partial charge in [0.05, 0.1) is 5.69 Å². The third-order valence-electron chi connectivity index (χ3n) is 2.65. The minimum Gasteiger partial charge on any atom is -0.383 e. The molecule has 0 saturated carbocycles. The molecular weight excluding hydrogens is 356 g/mol. The van der Waals surface area contributed by atoms with Crippen LogP contribution in [0.5, 0.6) is 0 Å². The number of nitrogens with zero attached hydrogens (tertiary/aromatic N) is 1. The van der Waals surface area contributed by atoms with Crippen molar-refractivity contribution in [2.75, 3.05) is 11.9 Å². The van der Waals surface area contributed by atoms with Crippen LogP contribution in [0.2, 0.25) is 0 Å². The molecule has 0 amide bonds. The third kappa shape index (κ3) is 3.56. The predicted molar refractivity (Wildman–Crippen MR) is 83.0 cm³/mol. The van der Waals surface area contributed by atoms with Crippen LogP contribution in [-0.2, 0) is 6.42 Å². The zero-order chi connectivity index (χ0) is 13.0. The molecule has 2 nitrogen and oxygen atoms in total. The summed E-state index contributed by atoms with van der Waals surface area (Å²) in [5.74, 6) is 0. The molecule has 1 heterocycles. The number of aromatic nitrogens is 1. The Balaban J connectivity index is 1.99. The van der Waals surface area contributed by atoms with Crippen molar-refractivity contribution in [2.24, 2.45) is 0 Å². The fraction of sp³-hybridized carbons (Fsp3) is 0.214. The number of rotatable bonds is 4. The lowest BCUT2D eigenvalue weighted by Gasteiger charge is -2.11. The number of halogens is 2. The molecule has 0 fully saturated rings. The molecule has 4 heteroatoms. The highest BCUT2D eigenvalue weighted by molar-refractivity contribution is 9.11. The Bertz CT molecular complexity index is 504. The first kappa shape index (κ1) is 13.6. The Morgan fingerprint density at radius 3 is 2.33 bits per heavy atom. The van der Waals surface area contributed by atoms with Crippen molar-refractivity contribution in [3.8, 4) is 0 Å². The number of hydrogen-bond acceptors (Lipinski definition) is 2.